The third-order valence-electron chi connectivity index (χ3n) is 2.65. The van der Waals surface area contributed by atoms with Gasteiger partial charge in [0, 0.05) is 37.6 Å². The molecule has 0 aliphatic carbocycles. The lowest BCUT2D eigenvalue weighted by Crippen LogP contribution is -2.14. The zero-order valence-electron chi connectivity index (χ0n) is 12.0. The van der Waals surface area contributed by atoms with E-state index in [1.54, 1.807) is 35.1 Å². The van der Waals surface area contributed by atoms with Crippen LogP contribution in [0.15, 0.2) is 42.7 Å². The van der Waals surface area contributed by atoms with Crippen LogP contribution >= 0.6 is 24.8 Å². The Hall–Kier alpha value is -1.76. The number of carbonyl (C=O) groups excluding carboxylic acids is 1. The number of nitrogens with two attached hydrogens (primary N) is 1. The molecule has 2 rings (SSSR count). The Morgan fingerprint density at radius 2 is 2.00 bits per heavy atom. The molecule has 0 unspecified atom stereocenters. The minimum atomic E-state index is -0.0453. The molecule has 0 aliphatic heterocycles. The smallest absolute Gasteiger partial charge is 0.226 e. The molecule has 8 heteroatoms. The van der Waals surface area contributed by atoms with E-state index in [-0.39, 0.29) is 30.7 Å². The highest BCUT2D eigenvalue weighted by atomic mass is 35.5. The molecule has 6 nitrogen and oxygen atoms in total. The number of amides is 1. The van der Waals surface area contributed by atoms with Gasteiger partial charge >= 0.3 is 0 Å². The van der Waals surface area contributed by atoms with E-state index in [1.807, 2.05) is 12.3 Å². The van der Waals surface area contributed by atoms with Crippen molar-refractivity contribution in [3.8, 4) is 5.75 Å². The normalized spacial score (nSPS) is 9.32. The summed E-state index contributed by atoms with van der Waals surface area (Å²) in [5.41, 5.74) is 6.10. The first-order chi connectivity index (χ1) is 9.78. The zero-order chi connectivity index (χ0) is 14.2. The maximum atomic E-state index is 11.8. The molecule has 0 saturated heterocycles. The molecule has 1 amide bonds. The maximum absolute atomic E-state index is 11.8. The van der Waals surface area contributed by atoms with Crippen LogP contribution in [-0.4, -0.2) is 28.8 Å². The van der Waals surface area contributed by atoms with E-state index in [9.17, 15) is 4.79 Å². The second-order valence-electron chi connectivity index (χ2n) is 4.23. The largest absolute Gasteiger partial charge is 0.492 e. The number of halogens is 2. The monoisotopic (exact) mass is 346 g/mol. The van der Waals surface area contributed by atoms with Gasteiger partial charge in [0.2, 0.25) is 5.91 Å². The number of anilines is 1. The van der Waals surface area contributed by atoms with E-state index in [0.29, 0.717) is 26.1 Å². The molecular formula is C14H20Cl2N4O2. The number of ether oxygens (including phenoxy) is 1. The molecule has 122 valence electrons. The van der Waals surface area contributed by atoms with Crippen LogP contribution in [0.3, 0.4) is 0 Å². The van der Waals surface area contributed by atoms with E-state index in [1.165, 1.54) is 0 Å². The van der Waals surface area contributed by atoms with Gasteiger partial charge < -0.3 is 15.8 Å². The predicted octanol–water partition coefficient (Wildman–Crippen LogP) is 2.09. The van der Waals surface area contributed by atoms with Crippen LogP contribution in [0, 0.1) is 0 Å². The fourth-order valence-electron chi connectivity index (χ4n) is 1.68. The Kier molecular flexibility index (Phi) is 10.0. The second-order valence-corrected chi connectivity index (χ2v) is 4.23. The van der Waals surface area contributed by atoms with Crippen molar-refractivity contribution in [3.63, 3.8) is 0 Å². The highest BCUT2D eigenvalue weighted by Crippen LogP contribution is 2.15. The molecule has 0 spiro atoms. The first kappa shape index (κ1) is 20.2. The summed E-state index contributed by atoms with van der Waals surface area (Å²) in [6, 6.07) is 9.05. The van der Waals surface area contributed by atoms with Crippen molar-refractivity contribution in [2.45, 2.75) is 13.0 Å². The summed E-state index contributed by atoms with van der Waals surface area (Å²) in [6.45, 7) is 1.53. The molecule has 2 aromatic rings. The molecule has 1 aromatic carbocycles. The van der Waals surface area contributed by atoms with Crippen LogP contribution in [0.5, 0.6) is 5.75 Å². The fraction of sp³-hybridized carbons (Fsp3) is 0.286. The molecule has 0 radical (unpaired) electrons. The van der Waals surface area contributed by atoms with Crippen molar-refractivity contribution >= 4 is 36.4 Å². The van der Waals surface area contributed by atoms with Crippen molar-refractivity contribution in [2.75, 3.05) is 18.5 Å². The van der Waals surface area contributed by atoms with Gasteiger partial charge in [0.15, 0.2) is 0 Å². The Morgan fingerprint density at radius 1 is 1.27 bits per heavy atom. The number of rotatable bonds is 7. The summed E-state index contributed by atoms with van der Waals surface area (Å²) in [7, 11) is 0. The molecule has 0 bridgehead atoms. The van der Waals surface area contributed by atoms with Crippen LogP contribution in [0.25, 0.3) is 0 Å². The molecule has 1 aromatic heterocycles. The molecule has 22 heavy (non-hydrogen) atoms. The molecule has 1 heterocycles. The van der Waals surface area contributed by atoms with Crippen molar-refractivity contribution in [1.82, 2.24) is 9.78 Å². The summed E-state index contributed by atoms with van der Waals surface area (Å²) in [5, 5.41) is 6.87. The van der Waals surface area contributed by atoms with Crippen molar-refractivity contribution in [1.29, 1.82) is 0 Å². The first-order valence-electron chi connectivity index (χ1n) is 6.48. The van der Waals surface area contributed by atoms with Crippen LogP contribution in [-0.2, 0) is 11.3 Å². The quantitative estimate of drug-likeness (QED) is 0.804. The Morgan fingerprint density at radius 3 is 2.59 bits per heavy atom. The van der Waals surface area contributed by atoms with E-state index in [2.05, 4.69) is 10.4 Å². The lowest BCUT2D eigenvalue weighted by molar-refractivity contribution is -0.116. The average molecular weight is 347 g/mol. The lowest BCUT2D eigenvalue weighted by atomic mass is 10.3. The minimum absolute atomic E-state index is 0. The summed E-state index contributed by atoms with van der Waals surface area (Å²) in [4.78, 5) is 11.8. The second kappa shape index (κ2) is 10.9. The van der Waals surface area contributed by atoms with E-state index in [0.717, 1.165) is 11.4 Å². The number of aromatic nitrogens is 2. The summed E-state index contributed by atoms with van der Waals surface area (Å²) in [6.07, 6.45) is 3.90. The van der Waals surface area contributed by atoms with Gasteiger partial charge in [-0.05, 0) is 30.3 Å². The van der Waals surface area contributed by atoms with E-state index >= 15 is 0 Å². The minimum Gasteiger partial charge on any atom is -0.492 e. The van der Waals surface area contributed by atoms with E-state index < -0.39 is 0 Å². The van der Waals surface area contributed by atoms with Gasteiger partial charge in [0.1, 0.15) is 12.4 Å². The zero-order valence-corrected chi connectivity index (χ0v) is 13.6. The highest BCUT2D eigenvalue weighted by Gasteiger charge is 2.03. The molecule has 3 N–H and O–H groups in total. The lowest BCUT2D eigenvalue weighted by Gasteiger charge is -2.07. The van der Waals surface area contributed by atoms with E-state index in [4.69, 9.17) is 10.5 Å². The molecule has 0 atom stereocenters. The third-order valence-corrected chi connectivity index (χ3v) is 2.65. The first-order valence-corrected chi connectivity index (χ1v) is 6.48. The van der Waals surface area contributed by atoms with Gasteiger partial charge in [0.05, 0.1) is 0 Å². The van der Waals surface area contributed by atoms with Crippen LogP contribution in [0.4, 0.5) is 5.69 Å². The summed E-state index contributed by atoms with van der Waals surface area (Å²) < 4.78 is 7.09. The number of carbonyl (C=O) groups is 1. The number of nitrogens with zero attached hydrogens (tertiary/aromatic N) is 2. The maximum Gasteiger partial charge on any atom is 0.226 e. The number of benzene rings is 1. The molecule has 0 fully saturated rings. The Balaban J connectivity index is 0.00000220. The van der Waals surface area contributed by atoms with Crippen molar-refractivity contribution in [3.05, 3.63) is 42.7 Å². The Labute approximate surface area is 141 Å². The average Bonchev–Trinajstić information content (AvgIpc) is 2.98. The molecule has 0 saturated carbocycles. The summed E-state index contributed by atoms with van der Waals surface area (Å²) >= 11 is 0. The fourth-order valence-corrected chi connectivity index (χ4v) is 1.68. The van der Waals surface area contributed by atoms with Crippen LogP contribution in [0.2, 0.25) is 0 Å². The van der Waals surface area contributed by atoms with Crippen LogP contribution in [0.1, 0.15) is 6.42 Å². The topological polar surface area (TPSA) is 82.2 Å². The summed E-state index contributed by atoms with van der Waals surface area (Å²) in [5.74, 6) is 0.695. The van der Waals surface area contributed by atoms with Gasteiger partial charge in [-0.1, -0.05) is 0 Å². The molecular weight excluding hydrogens is 327 g/mol. The third kappa shape index (κ3) is 6.80. The van der Waals surface area contributed by atoms with Gasteiger partial charge in [-0.2, -0.15) is 5.10 Å². The van der Waals surface area contributed by atoms with Gasteiger partial charge in [-0.25, -0.2) is 0 Å². The number of hydrogen-bond acceptors (Lipinski definition) is 4. The number of hydrogen-bond donors (Lipinski definition) is 2. The predicted molar refractivity (Wildman–Crippen MR) is 91.0 cm³/mol. The molecule has 0 aliphatic rings. The van der Waals surface area contributed by atoms with Crippen LogP contribution < -0.4 is 15.8 Å². The van der Waals surface area contributed by atoms with Crippen molar-refractivity contribution < 1.29 is 9.53 Å². The van der Waals surface area contributed by atoms with Gasteiger partial charge in [-0.15, -0.1) is 24.8 Å². The number of aryl methyl sites for hydroxylation is 1. The SMILES string of the molecule is Cl.Cl.NCCOc1ccc(NC(=O)CCn2cccn2)cc1. The number of nitrogens with one attached hydrogen (secondary N) is 1. The van der Waals surface area contributed by atoms with Crippen molar-refractivity contribution in [2.24, 2.45) is 5.73 Å². The van der Waals surface area contributed by atoms with Gasteiger partial charge in [0.25, 0.3) is 0 Å². The van der Waals surface area contributed by atoms with Gasteiger partial charge in [-0.3, -0.25) is 9.48 Å². The standard InChI is InChI=1S/C14H18N4O2.2ClH/c15-7-11-20-13-4-2-12(3-5-13)17-14(19)6-10-18-9-1-8-16-18;;/h1-5,8-9H,6-7,10-11,15H2,(H,17,19);2*1H. The Bertz CT molecular complexity index is 532. The highest BCUT2D eigenvalue weighted by molar-refractivity contribution is 5.90.